The Morgan fingerprint density at radius 1 is 1.18 bits per heavy atom. The van der Waals surface area contributed by atoms with Gasteiger partial charge < -0.3 is 20.9 Å². The molecular formula is C19H24Cl2N4O2S. The Kier molecular flexibility index (Phi) is 8.72. The lowest BCUT2D eigenvalue weighted by Crippen LogP contribution is -2.20. The third kappa shape index (κ3) is 5.24. The zero-order chi connectivity index (χ0) is 20.7. The Balaban J connectivity index is 0.00000136. The first-order valence-corrected chi connectivity index (χ1v) is 10.6. The maximum atomic E-state index is 9.41. The molecule has 0 amide bonds. The quantitative estimate of drug-likeness (QED) is 0.456. The number of aliphatic hydroxyl groups excluding tert-OH is 1. The number of nitrogen functional groups attached to an aromatic ring is 1. The molecule has 2 heterocycles. The van der Waals surface area contributed by atoms with Crippen LogP contribution >= 0.6 is 34.5 Å². The van der Waals surface area contributed by atoms with Crippen molar-refractivity contribution in [2.45, 2.75) is 27.4 Å². The molecule has 0 aliphatic carbocycles. The highest BCUT2D eigenvalue weighted by atomic mass is 35.5. The first kappa shape index (κ1) is 22.6. The van der Waals surface area contributed by atoms with E-state index in [9.17, 15) is 5.11 Å². The summed E-state index contributed by atoms with van der Waals surface area (Å²) in [6.45, 7) is 8.00. The van der Waals surface area contributed by atoms with Gasteiger partial charge in [-0.3, -0.25) is 0 Å². The molecule has 28 heavy (non-hydrogen) atoms. The van der Waals surface area contributed by atoms with E-state index < -0.39 is 0 Å². The van der Waals surface area contributed by atoms with Crippen LogP contribution < -0.4 is 15.8 Å². The highest BCUT2D eigenvalue weighted by molar-refractivity contribution is 7.18. The summed E-state index contributed by atoms with van der Waals surface area (Å²) in [5.74, 6) is 0.659. The van der Waals surface area contributed by atoms with E-state index in [2.05, 4.69) is 15.3 Å². The molecule has 0 saturated heterocycles. The van der Waals surface area contributed by atoms with E-state index in [1.165, 1.54) is 11.3 Å². The number of anilines is 1. The van der Waals surface area contributed by atoms with Crippen molar-refractivity contribution in [2.24, 2.45) is 0 Å². The largest absolute Gasteiger partial charge is 0.491 e. The van der Waals surface area contributed by atoms with E-state index in [4.69, 9.17) is 33.7 Å². The summed E-state index contributed by atoms with van der Waals surface area (Å²) in [6.07, 6.45) is 0. The Labute approximate surface area is 178 Å². The molecule has 0 unspecified atom stereocenters. The number of hydrogen-bond donors (Lipinski definition) is 3. The molecule has 0 fully saturated rings. The highest BCUT2D eigenvalue weighted by Crippen LogP contribution is 2.40. The maximum Gasteiger partial charge on any atom is 0.221 e. The van der Waals surface area contributed by atoms with Crippen LogP contribution in [0.5, 0.6) is 5.75 Å². The Morgan fingerprint density at radius 2 is 1.93 bits per heavy atom. The fourth-order valence-corrected chi connectivity index (χ4v) is 3.92. The van der Waals surface area contributed by atoms with Gasteiger partial charge >= 0.3 is 0 Å². The molecule has 1 aromatic carbocycles. The fourth-order valence-electron chi connectivity index (χ4n) is 2.50. The SMILES string of the molecule is CC.CCNCCOc1cc(-c2nc(N)nc3sc(CO)cc23)c(Cl)cc1Cl. The number of fused-ring (bicyclic) bond motifs is 1. The van der Waals surface area contributed by atoms with Gasteiger partial charge in [0.15, 0.2) is 0 Å². The summed E-state index contributed by atoms with van der Waals surface area (Å²) in [6, 6.07) is 5.23. The number of halogens is 2. The van der Waals surface area contributed by atoms with Crippen molar-refractivity contribution >= 4 is 50.7 Å². The molecule has 2 aromatic heterocycles. The van der Waals surface area contributed by atoms with E-state index in [1.807, 2.05) is 26.8 Å². The molecule has 0 aliphatic rings. The van der Waals surface area contributed by atoms with Crippen LogP contribution in [0.25, 0.3) is 21.5 Å². The van der Waals surface area contributed by atoms with Gasteiger partial charge in [0.05, 0.1) is 22.3 Å². The number of thiophene rings is 1. The van der Waals surface area contributed by atoms with Gasteiger partial charge in [-0.05, 0) is 24.7 Å². The van der Waals surface area contributed by atoms with Crippen LogP contribution in [0.15, 0.2) is 18.2 Å². The molecule has 6 nitrogen and oxygen atoms in total. The van der Waals surface area contributed by atoms with Crippen molar-refractivity contribution in [3.63, 3.8) is 0 Å². The maximum absolute atomic E-state index is 9.41. The van der Waals surface area contributed by atoms with Crippen molar-refractivity contribution in [2.75, 3.05) is 25.4 Å². The van der Waals surface area contributed by atoms with Crippen LogP contribution in [-0.4, -0.2) is 34.8 Å². The van der Waals surface area contributed by atoms with E-state index >= 15 is 0 Å². The molecule has 9 heteroatoms. The number of aliphatic hydroxyl groups is 1. The minimum absolute atomic E-state index is 0.0759. The van der Waals surface area contributed by atoms with Crippen LogP contribution in [0.2, 0.25) is 10.0 Å². The average molecular weight is 443 g/mol. The lowest BCUT2D eigenvalue weighted by molar-refractivity contribution is 0.285. The number of hydrogen-bond acceptors (Lipinski definition) is 7. The second-order valence-electron chi connectivity index (χ2n) is 5.48. The van der Waals surface area contributed by atoms with Crippen molar-refractivity contribution < 1.29 is 9.84 Å². The number of ether oxygens (including phenoxy) is 1. The van der Waals surface area contributed by atoms with Crippen molar-refractivity contribution in [1.82, 2.24) is 15.3 Å². The topological polar surface area (TPSA) is 93.3 Å². The van der Waals surface area contributed by atoms with Gasteiger partial charge in [-0.1, -0.05) is 44.0 Å². The van der Waals surface area contributed by atoms with Crippen molar-refractivity contribution in [1.29, 1.82) is 0 Å². The second kappa shape index (κ2) is 10.8. The van der Waals surface area contributed by atoms with Crippen LogP contribution in [0.3, 0.4) is 0 Å². The molecule has 0 spiro atoms. The third-order valence-corrected chi connectivity index (χ3v) is 5.30. The number of benzene rings is 1. The summed E-state index contributed by atoms with van der Waals surface area (Å²) >= 11 is 14.0. The van der Waals surface area contributed by atoms with Gasteiger partial charge in [0.2, 0.25) is 5.95 Å². The van der Waals surface area contributed by atoms with Crippen LogP contribution in [-0.2, 0) is 6.61 Å². The standard InChI is InChI=1S/C17H18Cl2N4O2S.C2H6/c1-2-21-3-4-25-14-6-10(12(18)7-13(14)19)15-11-5-9(8-24)26-16(11)23-17(20)22-15;1-2/h5-7,21,24H,2-4,8H2,1H3,(H2,20,22,23);1-2H3. The molecule has 0 atom stereocenters. The van der Waals surface area contributed by atoms with Gasteiger partial charge in [-0.2, -0.15) is 0 Å². The molecule has 4 N–H and O–H groups in total. The van der Waals surface area contributed by atoms with Crippen LogP contribution in [0.4, 0.5) is 5.95 Å². The zero-order valence-electron chi connectivity index (χ0n) is 16.1. The summed E-state index contributed by atoms with van der Waals surface area (Å²) in [5, 5.41) is 14.2. The van der Waals surface area contributed by atoms with Crippen molar-refractivity contribution in [3.8, 4) is 17.0 Å². The molecule has 0 saturated carbocycles. The number of nitrogens with one attached hydrogen (secondary N) is 1. The highest BCUT2D eigenvalue weighted by Gasteiger charge is 2.17. The smallest absolute Gasteiger partial charge is 0.221 e. The van der Waals surface area contributed by atoms with E-state index in [0.29, 0.717) is 45.0 Å². The summed E-state index contributed by atoms with van der Waals surface area (Å²) < 4.78 is 5.76. The lowest BCUT2D eigenvalue weighted by atomic mass is 10.1. The Hall–Kier alpha value is -1.64. The minimum atomic E-state index is -0.0759. The number of aromatic nitrogens is 2. The minimum Gasteiger partial charge on any atom is -0.491 e. The number of rotatable bonds is 7. The van der Waals surface area contributed by atoms with Gasteiger partial charge in [-0.15, -0.1) is 11.3 Å². The first-order valence-electron chi connectivity index (χ1n) is 9.03. The molecule has 0 radical (unpaired) electrons. The second-order valence-corrected chi connectivity index (χ2v) is 7.41. The lowest BCUT2D eigenvalue weighted by Gasteiger charge is -2.12. The first-order chi connectivity index (χ1) is 13.5. The fraction of sp³-hybridized carbons (Fsp3) is 0.368. The monoisotopic (exact) mass is 442 g/mol. The molecule has 152 valence electrons. The molecule has 3 rings (SSSR count). The zero-order valence-corrected chi connectivity index (χ0v) is 18.4. The van der Waals surface area contributed by atoms with Gasteiger partial charge in [-0.25, -0.2) is 9.97 Å². The summed E-state index contributed by atoms with van der Waals surface area (Å²) in [4.78, 5) is 10.1. The Bertz CT molecular complexity index is 934. The van der Waals surface area contributed by atoms with Gasteiger partial charge in [0.1, 0.15) is 17.2 Å². The summed E-state index contributed by atoms with van der Waals surface area (Å²) in [5.41, 5.74) is 7.09. The molecular weight excluding hydrogens is 419 g/mol. The molecule has 3 aromatic rings. The van der Waals surface area contributed by atoms with Gasteiger partial charge in [0.25, 0.3) is 0 Å². The van der Waals surface area contributed by atoms with Crippen LogP contribution in [0.1, 0.15) is 25.6 Å². The average Bonchev–Trinajstić information content (AvgIpc) is 3.11. The molecule has 0 bridgehead atoms. The predicted molar refractivity (Wildman–Crippen MR) is 119 cm³/mol. The normalized spacial score (nSPS) is 10.6. The number of nitrogens with zero attached hydrogens (tertiary/aromatic N) is 2. The number of likely N-dealkylation sites (N-methyl/N-ethyl adjacent to an activating group) is 1. The third-order valence-electron chi connectivity index (χ3n) is 3.68. The van der Waals surface area contributed by atoms with Crippen LogP contribution in [0, 0.1) is 0 Å². The van der Waals surface area contributed by atoms with E-state index in [1.54, 1.807) is 12.1 Å². The Morgan fingerprint density at radius 3 is 2.61 bits per heavy atom. The summed E-state index contributed by atoms with van der Waals surface area (Å²) in [7, 11) is 0. The van der Waals surface area contributed by atoms with E-state index in [-0.39, 0.29) is 12.6 Å². The number of nitrogens with two attached hydrogens (primary N) is 1. The van der Waals surface area contributed by atoms with E-state index in [0.717, 1.165) is 16.8 Å². The van der Waals surface area contributed by atoms with Gasteiger partial charge in [0, 0.05) is 22.4 Å². The van der Waals surface area contributed by atoms with Crippen molar-refractivity contribution in [3.05, 3.63) is 33.1 Å². The predicted octanol–water partition coefficient (Wildman–Crippen LogP) is 4.75. The molecule has 0 aliphatic heterocycles.